The molecule has 3 rings (SSSR count). The van der Waals surface area contributed by atoms with Gasteiger partial charge in [0.15, 0.2) is 0 Å². The third-order valence-electron chi connectivity index (χ3n) is 12.8. The number of carbonyl (C=O) groups is 5. The number of ether oxygens (including phenoxy) is 11. The Morgan fingerprint density at radius 3 is 1.17 bits per heavy atom. The van der Waals surface area contributed by atoms with Gasteiger partial charge in [0.1, 0.15) is 6.04 Å². The number of nitrogens with zero attached hydrogens (tertiary/aromatic N) is 1. The molecule has 2 aliphatic heterocycles. The lowest BCUT2D eigenvalue weighted by Gasteiger charge is -2.27. The molecule has 19 heteroatoms. The average Bonchev–Trinajstić information content (AvgIpc) is 3.70. The fourth-order valence-electron chi connectivity index (χ4n) is 8.55. The Morgan fingerprint density at radius 1 is 0.461 bits per heavy atom. The summed E-state index contributed by atoms with van der Waals surface area (Å²) in [4.78, 5) is 63.7. The minimum atomic E-state index is -1.07. The van der Waals surface area contributed by atoms with Crippen LogP contribution in [0.3, 0.4) is 0 Å². The van der Waals surface area contributed by atoms with Gasteiger partial charge in [-0.05, 0) is 37.8 Å². The summed E-state index contributed by atoms with van der Waals surface area (Å²) in [6.45, 7) is 13.6. The van der Waals surface area contributed by atoms with Crippen LogP contribution in [0.5, 0.6) is 0 Å². The van der Waals surface area contributed by atoms with E-state index in [0.29, 0.717) is 145 Å². The Hall–Kier alpha value is -3.47. The fourth-order valence-corrected chi connectivity index (χ4v) is 8.55. The number of fused-ring (bicyclic) bond motifs is 1. The zero-order chi connectivity index (χ0) is 54.2. The minimum absolute atomic E-state index is 0.0279. The first-order valence-corrected chi connectivity index (χ1v) is 28.9. The van der Waals surface area contributed by atoms with E-state index in [1.165, 1.54) is 102 Å². The van der Waals surface area contributed by atoms with Crippen LogP contribution in [0.1, 0.15) is 169 Å². The van der Waals surface area contributed by atoms with Crippen LogP contribution in [-0.4, -0.2) is 186 Å². The number of hydrogen-bond acceptors (Lipinski definition) is 16. The van der Waals surface area contributed by atoms with E-state index < -0.39 is 29.7 Å². The van der Waals surface area contributed by atoms with Crippen molar-refractivity contribution in [2.75, 3.05) is 151 Å². The summed E-state index contributed by atoms with van der Waals surface area (Å²) in [7, 11) is 0. The van der Waals surface area contributed by atoms with Gasteiger partial charge < -0.3 is 57.4 Å². The Balaban J connectivity index is 0.923. The van der Waals surface area contributed by atoms with Crippen molar-refractivity contribution in [3.05, 3.63) is 29.3 Å². The fraction of sp³-hybridized carbons (Fsp3) is 0.807. The molecule has 2 aliphatic rings. The van der Waals surface area contributed by atoms with Crippen molar-refractivity contribution in [2.24, 2.45) is 0 Å². The van der Waals surface area contributed by atoms with E-state index in [0.717, 1.165) is 30.8 Å². The van der Waals surface area contributed by atoms with Crippen molar-refractivity contribution >= 4 is 35.2 Å². The highest BCUT2D eigenvalue weighted by atomic mass is 16.6. The van der Waals surface area contributed by atoms with Crippen molar-refractivity contribution in [1.29, 1.82) is 0 Å². The molecule has 76 heavy (non-hydrogen) atoms. The first kappa shape index (κ1) is 66.8. The van der Waals surface area contributed by atoms with Gasteiger partial charge >= 0.3 is 0 Å². The summed E-state index contributed by atoms with van der Waals surface area (Å²) in [5, 5.41) is 4.92. The van der Waals surface area contributed by atoms with Crippen LogP contribution >= 0.6 is 0 Å². The predicted molar refractivity (Wildman–Crippen MR) is 289 cm³/mol. The lowest BCUT2D eigenvalue weighted by molar-refractivity contribution is -0.136. The molecule has 1 saturated heterocycles. The summed E-state index contributed by atoms with van der Waals surface area (Å²) in [6, 6.07) is 3.54. The van der Waals surface area contributed by atoms with Gasteiger partial charge in [0, 0.05) is 26.1 Å². The Bertz CT molecular complexity index is 1660. The molecule has 0 saturated carbocycles. The second-order valence-corrected chi connectivity index (χ2v) is 19.1. The monoisotopic (exact) mass is 1080 g/mol. The van der Waals surface area contributed by atoms with Gasteiger partial charge in [0.05, 0.1) is 149 Å². The van der Waals surface area contributed by atoms with Crippen molar-refractivity contribution < 1.29 is 76.1 Å². The van der Waals surface area contributed by atoms with E-state index in [4.69, 9.17) is 52.1 Å². The van der Waals surface area contributed by atoms with Crippen LogP contribution < -0.4 is 10.6 Å². The molecule has 1 aromatic carbocycles. The molecule has 0 aliphatic carbocycles. The number of carbonyl (C=O) groups excluding carboxylic acids is 5. The number of hydrogen-bond donors (Lipinski definition) is 2. The molecule has 436 valence electrons. The van der Waals surface area contributed by atoms with Crippen LogP contribution in [0.4, 0.5) is 5.69 Å². The van der Waals surface area contributed by atoms with E-state index in [9.17, 15) is 24.0 Å². The largest absolute Gasteiger partial charge is 0.379 e. The zero-order valence-electron chi connectivity index (χ0n) is 46.4. The Labute approximate surface area is 454 Å². The third-order valence-corrected chi connectivity index (χ3v) is 12.8. The van der Waals surface area contributed by atoms with Gasteiger partial charge in [0.25, 0.3) is 11.8 Å². The maximum absolute atomic E-state index is 13.2. The number of piperidine rings is 1. The van der Waals surface area contributed by atoms with Gasteiger partial charge in [-0.3, -0.25) is 34.2 Å². The summed E-state index contributed by atoms with van der Waals surface area (Å²) in [5.74, 6) is -2.71. The Kier molecular flexibility index (Phi) is 41.8. The summed E-state index contributed by atoms with van der Waals surface area (Å²) >= 11 is 0. The molecule has 0 bridgehead atoms. The van der Waals surface area contributed by atoms with E-state index in [-0.39, 0.29) is 42.0 Å². The van der Waals surface area contributed by atoms with Crippen LogP contribution in [-0.2, 0) is 66.5 Å². The van der Waals surface area contributed by atoms with E-state index in [2.05, 4.69) is 17.6 Å². The van der Waals surface area contributed by atoms with Crippen molar-refractivity contribution in [3.8, 4) is 0 Å². The normalized spacial score (nSPS) is 14.5. The predicted octanol–water partition coefficient (Wildman–Crippen LogP) is 8.03. The first-order chi connectivity index (χ1) is 37.4. The molecule has 0 spiro atoms. The van der Waals surface area contributed by atoms with Gasteiger partial charge in [-0.1, -0.05) is 116 Å². The summed E-state index contributed by atoms with van der Waals surface area (Å²) < 4.78 is 61.2. The van der Waals surface area contributed by atoms with Crippen LogP contribution in [0, 0.1) is 0 Å². The van der Waals surface area contributed by atoms with Crippen LogP contribution in [0.2, 0.25) is 0 Å². The van der Waals surface area contributed by atoms with Crippen molar-refractivity contribution in [2.45, 2.75) is 154 Å². The third kappa shape index (κ3) is 33.1. The molecule has 19 nitrogen and oxygen atoms in total. The maximum Gasteiger partial charge on any atom is 0.264 e. The number of anilines is 1. The number of amides is 5. The van der Waals surface area contributed by atoms with Gasteiger partial charge in [-0.2, -0.15) is 0 Å². The molecule has 5 amide bonds. The quantitative estimate of drug-likeness (QED) is 0.0467. The van der Waals surface area contributed by atoms with Crippen molar-refractivity contribution in [1.82, 2.24) is 10.2 Å². The molecule has 2 heterocycles. The molecule has 2 N–H and O–H groups in total. The highest BCUT2D eigenvalue weighted by Crippen LogP contribution is 2.32. The lowest BCUT2D eigenvalue weighted by Crippen LogP contribution is -2.54. The standard InChI is InChI=1S/C57H97N3O16/c1-2-3-4-5-6-7-8-9-10-11-12-13-14-15-16-19-27-66-29-31-68-33-35-70-37-39-72-41-43-74-45-47-76-48-46-75-44-42-73-40-38-71-36-34-69-32-30-67-28-20-17-18-24-52(61)58-50-23-21-22-49-54(50)57(65)60(56(49)64)51-25-26-53(62)59-55(51)63/h21-23,51H,2-20,24-48H2,1H3,(H,58,61)(H,59,62,63). The molecule has 1 atom stereocenters. The average molecular weight is 1080 g/mol. The minimum Gasteiger partial charge on any atom is -0.379 e. The molecular formula is C57H97N3O16. The van der Waals surface area contributed by atoms with Crippen LogP contribution in [0.25, 0.3) is 0 Å². The number of benzene rings is 1. The lowest BCUT2D eigenvalue weighted by atomic mass is 10.0. The molecular weight excluding hydrogens is 983 g/mol. The molecule has 1 aromatic rings. The SMILES string of the molecule is CCCCCCCCCCCCCCCCCCOCCOCCOCCOCCOCCOCCOCCOCCOCCOCCOCCCCCC(=O)Nc1cccc2c1C(=O)N(C1CCC(=O)NC1=O)C2=O. The molecule has 1 fully saturated rings. The number of rotatable bonds is 55. The van der Waals surface area contributed by atoms with Crippen LogP contribution in [0.15, 0.2) is 18.2 Å². The topological polar surface area (TPSA) is 214 Å². The molecule has 0 aromatic heterocycles. The second-order valence-electron chi connectivity index (χ2n) is 19.1. The highest BCUT2D eigenvalue weighted by Gasteiger charge is 2.45. The summed E-state index contributed by atoms with van der Waals surface area (Å²) in [6.07, 6.45) is 24.5. The van der Waals surface area contributed by atoms with Gasteiger partial charge in [-0.25, -0.2) is 0 Å². The zero-order valence-corrected chi connectivity index (χ0v) is 46.4. The van der Waals surface area contributed by atoms with Crippen molar-refractivity contribution in [3.63, 3.8) is 0 Å². The first-order valence-electron chi connectivity index (χ1n) is 28.9. The Morgan fingerprint density at radius 2 is 0.803 bits per heavy atom. The van der Waals surface area contributed by atoms with E-state index >= 15 is 0 Å². The maximum atomic E-state index is 13.2. The highest BCUT2D eigenvalue weighted by molar-refractivity contribution is 6.26. The number of nitrogens with one attached hydrogen (secondary N) is 2. The molecule has 1 unspecified atom stereocenters. The van der Waals surface area contributed by atoms with E-state index in [1.807, 2.05) is 0 Å². The van der Waals surface area contributed by atoms with E-state index in [1.54, 1.807) is 12.1 Å². The molecule has 0 radical (unpaired) electrons. The smallest absolute Gasteiger partial charge is 0.264 e. The second kappa shape index (κ2) is 47.5. The summed E-state index contributed by atoms with van der Waals surface area (Å²) in [5.41, 5.74) is 0.385. The number of unbranched alkanes of at least 4 members (excludes halogenated alkanes) is 17. The number of imide groups is 2. The van der Waals surface area contributed by atoms with Gasteiger partial charge in [0.2, 0.25) is 17.7 Å². The van der Waals surface area contributed by atoms with Gasteiger partial charge in [-0.15, -0.1) is 0 Å².